The number of benzene rings is 2. The molecule has 0 spiro atoms. The number of hydrogen-bond acceptors (Lipinski definition) is 3. The van der Waals surface area contributed by atoms with Crippen LogP contribution in [-0.4, -0.2) is 24.3 Å². The van der Waals surface area contributed by atoms with Crippen molar-refractivity contribution in [3.63, 3.8) is 0 Å². The molecular formula is C22H15N5O. The van der Waals surface area contributed by atoms with E-state index >= 15 is 0 Å². The van der Waals surface area contributed by atoms with Gasteiger partial charge in [0.15, 0.2) is 17.1 Å². The van der Waals surface area contributed by atoms with Crippen LogP contribution in [0.5, 0.6) is 0 Å². The van der Waals surface area contributed by atoms with Crippen LogP contribution in [0.15, 0.2) is 77.9 Å². The van der Waals surface area contributed by atoms with E-state index < -0.39 is 0 Å². The number of hydrogen-bond donors (Lipinski definition) is 1. The molecule has 6 nitrogen and oxygen atoms in total. The highest BCUT2D eigenvalue weighted by Crippen LogP contribution is 2.33. The van der Waals surface area contributed by atoms with E-state index in [2.05, 4.69) is 25.8 Å². The summed E-state index contributed by atoms with van der Waals surface area (Å²) in [5, 5.41) is 9.54. The number of H-pyrrole nitrogens is 1. The van der Waals surface area contributed by atoms with Gasteiger partial charge in [0.05, 0.1) is 16.9 Å². The molecule has 0 fully saturated rings. The smallest absolute Gasteiger partial charge is 0.200 e. The lowest BCUT2D eigenvalue weighted by Crippen LogP contribution is -2.10. The molecule has 0 atom stereocenters. The minimum absolute atomic E-state index is 0.0540. The predicted octanol–water partition coefficient (Wildman–Crippen LogP) is 3.61. The van der Waals surface area contributed by atoms with Gasteiger partial charge in [-0.3, -0.25) is 9.36 Å². The normalized spacial score (nSPS) is 12.3. The van der Waals surface area contributed by atoms with E-state index in [-0.39, 0.29) is 5.43 Å². The van der Waals surface area contributed by atoms with E-state index in [1.54, 1.807) is 6.20 Å². The third kappa shape index (κ3) is 2.00. The molecule has 0 aliphatic carbocycles. The summed E-state index contributed by atoms with van der Waals surface area (Å²) in [7, 11) is 0. The minimum Gasteiger partial charge on any atom is -0.360 e. The van der Waals surface area contributed by atoms with Gasteiger partial charge >= 0.3 is 0 Å². The molecule has 28 heavy (non-hydrogen) atoms. The Morgan fingerprint density at radius 1 is 0.893 bits per heavy atom. The van der Waals surface area contributed by atoms with Gasteiger partial charge in [0.25, 0.3) is 0 Å². The molecule has 4 heterocycles. The van der Waals surface area contributed by atoms with Gasteiger partial charge in [0.2, 0.25) is 0 Å². The maximum Gasteiger partial charge on any atom is 0.200 e. The van der Waals surface area contributed by atoms with Gasteiger partial charge in [0, 0.05) is 29.8 Å². The number of nitrogens with one attached hydrogen (secondary N) is 1. The third-order valence-corrected chi connectivity index (χ3v) is 5.32. The Hall–Kier alpha value is -3.93. The van der Waals surface area contributed by atoms with Crippen molar-refractivity contribution in [2.24, 2.45) is 0 Å². The molecule has 0 radical (unpaired) electrons. The van der Waals surface area contributed by atoms with Crippen molar-refractivity contribution >= 4 is 10.9 Å². The Kier molecular flexibility index (Phi) is 3.00. The molecule has 5 aromatic rings. The highest BCUT2D eigenvalue weighted by molar-refractivity contribution is 5.82. The van der Waals surface area contributed by atoms with E-state index in [1.807, 2.05) is 65.4 Å². The average molecular weight is 365 g/mol. The fourth-order valence-electron chi connectivity index (χ4n) is 3.99. The summed E-state index contributed by atoms with van der Waals surface area (Å²) in [6.45, 7) is 0.745. The molecule has 3 aromatic heterocycles. The molecule has 2 aromatic carbocycles. The van der Waals surface area contributed by atoms with Crippen LogP contribution in [0.4, 0.5) is 0 Å². The summed E-state index contributed by atoms with van der Waals surface area (Å²) in [6.07, 6.45) is 3.77. The Labute approximate surface area is 159 Å². The molecule has 0 amide bonds. The molecule has 0 bridgehead atoms. The molecule has 6 heteroatoms. The first-order chi connectivity index (χ1) is 13.8. The maximum absolute atomic E-state index is 13.2. The SMILES string of the molecule is O=c1c(-c2nnc3n2-c2ccccc2Cn2cccc2-3)c[nH]c2ccccc12. The van der Waals surface area contributed by atoms with Gasteiger partial charge in [0.1, 0.15) is 0 Å². The number of para-hydroxylation sites is 2. The topological polar surface area (TPSA) is 68.5 Å². The Morgan fingerprint density at radius 3 is 2.68 bits per heavy atom. The first-order valence-corrected chi connectivity index (χ1v) is 9.11. The number of fused-ring (bicyclic) bond motifs is 6. The number of aromatic amines is 1. The van der Waals surface area contributed by atoms with Gasteiger partial charge in [-0.15, -0.1) is 10.2 Å². The first-order valence-electron chi connectivity index (χ1n) is 9.11. The van der Waals surface area contributed by atoms with Crippen LogP contribution in [0.3, 0.4) is 0 Å². The summed E-state index contributed by atoms with van der Waals surface area (Å²) in [4.78, 5) is 16.4. The number of nitrogens with zero attached hydrogens (tertiary/aromatic N) is 4. The molecule has 1 aliphatic rings. The second kappa shape index (κ2) is 5.53. The van der Waals surface area contributed by atoms with Gasteiger partial charge in [-0.2, -0.15) is 0 Å². The molecule has 1 N–H and O–H groups in total. The lowest BCUT2D eigenvalue weighted by atomic mass is 10.1. The van der Waals surface area contributed by atoms with Crippen molar-refractivity contribution in [2.75, 3.05) is 0 Å². The predicted molar refractivity (Wildman–Crippen MR) is 107 cm³/mol. The quantitative estimate of drug-likeness (QED) is 0.484. The van der Waals surface area contributed by atoms with E-state index in [9.17, 15) is 4.79 Å². The Balaban J connectivity index is 1.71. The van der Waals surface area contributed by atoms with Crippen molar-refractivity contribution in [1.29, 1.82) is 0 Å². The van der Waals surface area contributed by atoms with Crippen LogP contribution in [0.2, 0.25) is 0 Å². The maximum atomic E-state index is 13.2. The second-order valence-corrected chi connectivity index (χ2v) is 6.91. The van der Waals surface area contributed by atoms with E-state index in [4.69, 9.17) is 0 Å². The number of pyridine rings is 1. The fraction of sp³-hybridized carbons (Fsp3) is 0.0455. The lowest BCUT2D eigenvalue weighted by molar-refractivity contribution is 0.816. The Morgan fingerprint density at radius 2 is 1.71 bits per heavy atom. The van der Waals surface area contributed by atoms with Gasteiger partial charge < -0.3 is 9.55 Å². The summed E-state index contributed by atoms with van der Waals surface area (Å²) >= 11 is 0. The molecular weight excluding hydrogens is 350 g/mol. The van der Waals surface area contributed by atoms with Gasteiger partial charge in [-0.05, 0) is 35.9 Å². The van der Waals surface area contributed by atoms with Gasteiger partial charge in [-0.1, -0.05) is 30.3 Å². The fourth-order valence-corrected chi connectivity index (χ4v) is 3.99. The zero-order chi connectivity index (χ0) is 18.7. The standard InChI is InChI=1S/C22H15N5O/c28-20-15-7-2-3-8-17(15)23-12-16(20)21-24-25-22-19-10-5-11-26(19)13-14-6-1-4-9-18(14)27(21)22/h1-12H,13H2,(H,23,28). The van der Waals surface area contributed by atoms with E-state index in [0.717, 1.165) is 34.8 Å². The van der Waals surface area contributed by atoms with Crippen LogP contribution < -0.4 is 5.43 Å². The number of rotatable bonds is 1. The van der Waals surface area contributed by atoms with Crippen LogP contribution >= 0.6 is 0 Å². The van der Waals surface area contributed by atoms with Gasteiger partial charge in [-0.25, -0.2) is 0 Å². The molecule has 1 aliphatic heterocycles. The van der Waals surface area contributed by atoms with E-state index in [0.29, 0.717) is 16.8 Å². The molecule has 0 saturated carbocycles. The summed E-state index contributed by atoms with van der Waals surface area (Å²) in [6, 6.07) is 19.7. The zero-order valence-electron chi connectivity index (χ0n) is 14.8. The second-order valence-electron chi connectivity index (χ2n) is 6.91. The molecule has 0 unspecified atom stereocenters. The minimum atomic E-state index is -0.0540. The zero-order valence-corrected chi connectivity index (χ0v) is 14.8. The van der Waals surface area contributed by atoms with Crippen LogP contribution in [0.1, 0.15) is 5.56 Å². The monoisotopic (exact) mass is 365 g/mol. The Bertz CT molecular complexity index is 1420. The highest BCUT2D eigenvalue weighted by atomic mass is 16.1. The number of aromatic nitrogens is 5. The van der Waals surface area contributed by atoms with Crippen LogP contribution in [-0.2, 0) is 6.54 Å². The molecule has 6 rings (SSSR count). The first kappa shape index (κ1) is 15.2. The van der Waals surface area contributed by atoms with Crippen molar-refractivity contribution < 1.29 is 0 Å². The summed E-state index contributed by atoms with van der Waals surface area (Å²) in [5.41, 5.74) is 4.38. The highest BCUT2D eigenvalue weighted by Gasteiger charge is 2.25. The molecule has 134 valence electrons. The molecule has 0 saturated heterocycles. The average Bonchev–Trinajstić information content (AvgIpc) is 3.33. The van der Waals surface area contributed by atoms with Crippen molar-refractivity contribution in [1.82, 2.24) is 24.3 Å². The third-order valence-electron chi connectivity index (χ3n) is 5.32. The lowest BCUT2D eigenvalue weighted by Gasteiger charge is -2.11. The largest absolute Gasteiger partial charge is 0.360 e. The summed E-state index contributed by atoms with van der Waals surface area (Å²) < 4.78 is 4.15. The van der Waals surface area contributed by atoms with Crippen molar-refractivity contribution in [2.45, 2.75) is 6.54 Å². The van der Waals surface area contributed by atoms with E-state index in [1.165, 1.54) is 0 Å². The van der Waals surface area contributed by atoms with Crippen LogP contribution in [0, 0.1) is 0 Å². The van der Waals surface area contributed by atoms with Crippen molar-refractivity contribution in [3.05, 3.63) is 88.8 Å². The van der Waals surface area contributed by atoms with Crippen LogP contribution in [0.25, 0.3) is 39.5 Å². The summed E-state index contributed by atoms with van der Waals surface area (Å²) in [5.74, 6) is 1.28. The van der Waals surface area contributed by atoms with Crippen molar-refractivity contribution in [3.8, 4) is 28.6 Å².